The van der Waals surface area contributed by atoms with Crippen molar-refractivity contribution in [3.05, 3.63) is 41.1 Å². The first-order chi connectivity index (χ1) is 9.61. The van der Waals surface area contributed by atoms with E-state index in [1.54, 1.807) is 11.8 Å². The van der Waals surface area contributed by atoms with Crippen LogP contribution in [0.1, 0.15) is 35.4 Å². The zero-order valence-electron chi connectivity index (χ0n) is 11.8. The van der Waals surface area contributed by atoms with E-state index in [2.05, 4.69) is 5.10 Å². The van der Waals surface area contributed by atoms with Gasteiger partial charge in [-0.2, -0.15) is 5.10 Å². The summed E-state index contributed by atoms with van der Waals surface area (Å²) >= 11 is 0. The number of rotatable bonds is 2. The van der Waals surface area contributed by atoms with Crippen LogP contribution in [0.3, 0.4) is 0 Å². The summed E-state index contributed by atoms with van der Waals surface area (Å²) in [6.07, 6.45) is -0.280. The normalized spacial score (nSPS) is 21.2. The fourth-order valence-corrected chi connectivity index (χ4v) is 2.84. The van der Waals surface area contributed by atoms with Crippen LogP contribution in [-0.4, -0.2) is 22.0 Å². The zero-order valence-corrected chi connectivity index (χ0v) is 11.8. The Labute approximate surface area is 117 Å². The molecule has 5 heteroatoms. The van der Waals surface area contributed by atoms with E-state index in [0.29, 0.717) is 12.3 Å². The van der Waals surface area contributed by atoms with Crippen LogP contribution in [0.4, 0.5) is 0 Å². The maximum absolute atomic E-state index is 10.3. The summed E-state index contributed by atoms with van der Waals surface area (Å²) < 4.78 is 13.1. The van der Waals surface area contributed by atoms with E-state index < -0.39 is 6.10 Å². The smallest absolute Gasteiger partial charge is 0.218 e. The van der Waals surface area contributed by atoms with Crippen LogP contribution in [0.2, 0.25) is 0 Å². The lowest BCUT2D eigenvalue weighted by atomic mass is 9.95. The predicted molar refractivity (Wildman–Crippen MR) is 73.9 cm³/mol. The molecule has 1 aliphatic heterocycles. The van der Waals surface area contributed by atoms with Crippen LogP contribution in [-0.2, 0) is 7.05 Å². The van der Waals surface area contributed by atoms with E-state index in [9.17, 15) is 5.11 Å². The van der Waals surface area contributed by atoms with Gasteiger partial charge in [-0.1, -0.05) is 18.2 Å². The van der Waals surface area contributed by atoms with Crippen LogP contribution < -0.4 is 9.47 Å². The molecule has 2 atom stereocenters. The molecule has 5 nitrogen and oxygen atoms in total. The molecular weight excluding hydrogens is 256 g/mol. The molecule has 0 radical (unpaired) electrons. The number of hydrogen-bond acceptors (Lipinski definition) is 4. The minimum Gasteiger partial charge on any atom is -0.485 e. The van der Waals surface area contributed by atoms with Crippen molar-refractivity contribution in [3.63, 3.8) is 0 Å². The van der Waals surface area contributed by atoms with Gasteiger partial charge in [-0.15, -0.1) is 0 Å². The molecule has 0 aliphatic carbocycles. The van der Waals surface area contributed by atoms with E-state index in [-0.39, 0.29) is 6.10 Å². The maximum Gasteiger partial charge on any atom is 0.218 e. The first-order valence-electron chi connectivity index (χ1n) is 6.63. The third-order valence-electron chi connectivity index (χ3n) is 3.71. The Morgan fingerprint density at radius 2 is 2.15 bits per heavy atom. The van der Waals surface area contributed by atoms with E-state index in [4.69, 9.17) is 9.47 Å². The molecule has 0 amide bonds. The largest absolute Gasteiger partial charge is 0.485 e. The van der Waals surface area contributed by atoms with Gasteiger partial charge in [0.15, 0.2) is 0 Å². The Bertz CT molecular complexity index is 636. The molecule has 1 aromatic heterocycles. The minimum absolute atomic E-state index is 0.247. The summed E-state index contributed by atoms with van der Waals surface area (Å²) in [4.78, 5) is 0. The standard InChI is InChI=1S/C15H18N2O3/c1-9-14(15(19-3)17(2)16-9)13-8-11(18)10-6-4-5-7-12(10)20-13/h4-7,11,13,18H,8H2,1-3H3. The second kappa shape index (κ2) is 4.83. The topological polar surface area (TPSA) is 56.5 Å². The number of fused-ring (bicyclic) bond motifs is 1. The van der Waals surface area contributed by atoms with Crippen LogP contribution in [0, 0.1) is 6.92 Å². The number of aromatic nitrogens is 2. The molecule has 106 valence electrons. The molecule has 0 bridgehead atoms. The quantitative estimate of drug-likeness (QED) is 0.913. The number of para-hydroxylation sites is 1. The third kappa shape index (κ3) is 1.94. The molecule has 1 N–H and O–H groups in total. The number of hydrogen-bond donors (Lipinski definition) is 1. The van der Waals surface area contributed by atoms with Gasteiger partial charge >= 0.3 is 0 Å². The Balaban J connectivity index is 2.02. The zero-order chi connectivity index (χ0) is 14.3. The van der Waals surface area contributed by atoms with Crippen molar-refractivity contribution in [2.75, 3.05) is 7.11 Å². The molecule has 2 heterocycles. The SMILES string of the molecule is COc1c(C2CC(O)c3ccccc3O2)c(C)nn1C. The van der Waals surface area contributed by atoms with Crippen molar-refractivity contribution >= 4 is 0 Å². The molecule has 20 heavy (non-hydrogen) atoms. The summed E-state index contributed by atoms with van der Waals surface area (Å²) in [5.74, 6) is 1.40. The van der Waals surface area contributed by atoms with Gasteiger partial charge in [-0.05, 0) is 13.0 Å². The van der Waals surface area contributed by atoms with Crippen molar-refractivity contribution in [2.45, 2.75) is 25.6 Å². The fraction of sp³-hybridized carbons (Fsp3) is 0.400. The average molecular weight is 274 g/mol. The second-order valence-electron chi connectivity index (χ2n) is 5.03. The van der Waals surface area contributed by atoms with Crippen molar-refractivity contribution in [1.29, 1.82) is 0 Å². The number of aliphatic hydroxyl groups is 1. The van der Waals surface area contributed by atoms with Crippen LogP contribution in [0.25, 0.3) is 0 Å². The van der Waals surface area contributed by atoms with Crippen molar-refractivity contribution < 1.29 is 14.6 Å². The van der Waals surface area contributed by atoms with Gasteiger partial charge in [0, 0.05) is 19.0 Å². The number of aliphatic hydroxyl groups excluding tert-OH is 1. The Morgan fingerprint density at radius 3 is 2.90 bits per heavy atom. The lowest BCUT2D eigenvalue weighted by Gasteiger charge is -2.29. The maximum atomic E-state index is 10.3. The number of aryl methyl sites for hydroxylation is 2. The van der Waals surface area contributed by atoms with Gasteiger partial charge in [0.05, 0.1) is 24.5 Å². The third-order valence-corrected chi connectivity index (χ3v) is 3.71. The number of ether oxygens (including phenoxy) is 2. The highest BCUT2D eigenvalue weighted by atomic mass is 16.5. The number of nitrogens with zero attached hydrogens (tertiary/aromatic N) is 2. The molecule has 0 saturated carbocycles. The molecule has 0 fully saturated rings. The molecule has 2 aromatic rings. The van der Waals surface area contributed by atoms with Crippen LogP contribution in [0.15, 0.2) is 24.3 Å². The molecule has 2 unspecified atom stereocenters. The van der Waals surface area contributed by atoms with Gasteiger partial charge in [0.2, 0.25) is 5.88 Å². The molecule has 1 aromatic carbocycles. The van der Waals surface area contributed by atoms with Gasteiger partial charge in [-0.25, -0.2) is 4.68 Å². The van der Waals surface area contributed by atoms with E-state index in [1.807, 2.05) is 38.2 Å². The number of benzene rings is 1. The molecule has 1 aliphatic rings. The van der Waals surface area contributed by atoms with Crippen molar-refractivity contribution in [2.24, 2.45) is 7.05 Å². The van der Waals surface area contributed by atoms with E-state index in [0.717, 1.165) is 22.6 Å². The lowest BCUT2D eigenvalue weighted by molar-refractivity contribution is 0.0641. The van der Waals surface area contributed by atoms with Crippen molar-refractivity contribution in [3.8, 4) is 11.6 Å². The first kappa shape index (κ1) is 13.0. The highest BCUT2D eigenvalue weighted by Gasteiger charge is 2.32. The van der Waals surface area contributed by atoms with Gasteiger partial charge in [0.1, 0.15) is 11.9 Å². The minimum atomic E-state index is -0.533. The van der Waals surface area contributed by atoms with Gasteiger partial charge in [-0.3, -0.25) is 0 Å². The van der Waals surface area contributed by atoms with Crippen LogP contribution >= 0.6 is 0 Å². The highest BCUT2D eigenvalue weighted by molar-refractivity contribution is 5.41. The Morgan fingerprint density at radius 1 is 1.40 bits per heavy atom. The molecule has 3 rings (SSSR count). The highest BCUT2D eigenvalue weighted by Crippen LogP contribution is 2.43. The molecule has 0 saturated heterocycles. The summed E-state index contributed by atoms with van der Waals surface area (Å²) in [6.45, 7) is 1.92. The lowest BCUT2D eigenvalue weighted by Crippen LogP contribution is -2.19. The van der Waals surface area contributed by atoms with Crippen molar-refractivity contribution in [1.82, 2.24) is 9.78 Å². The summed E-state index contributed by atoms with van der Waals surface area (Å²) in [5.41, 5.74) is 2.61. The average Bonchev–Trinajstić information content (AvgIpc) is 2.72. The van der Waals surface area contributed by atoms with Gasteiger partial charge in [0.25, 0.3) is 0 Å². The van der Waals surface area contributed by atoms with Gasteiger partial charge < -0.3 is 14.6 Å². The summed E-state index contributed by atoms with van der Waals surface area (Å²) in [7, 11) is 3.45. The predicted octanol–water partition coefficient (Wildman–Crippen LogP) is 2.29. The fourth-order valence-electron chi connectivity index (χ4n) is 2.84. The monoisotopic (exact) mass is 274 g/mol. The first-order valence-corrected chi connectivity index (χ1v) is 6.63. The number of methoxy groups -OCH3 is 1. The molecular formula is C15H18N2O3. The summed E-state index contributed by atoms with van der Waals surface area (Å²) in [6, 6.07) is 7.58. The Kier molecular flexibility index (Phi) is 3.14. The molecule has 0 spiro atoms. The van der Waals surface area contributed by atoms with E-state index >= 15 is 0 Å². The Hall–Kier alpha value is -2.01. The van der Waals surface area contributed by atoms with Crippen LogP contribution in [0.5, 0.6) is 11.6 Å². The van der Waals surface area contributed by atoms with E-state index in [1.165, 1.54) is 0 Å². The second-order valence-corrected chi connectivity index (χ2v) is 5.03. The summed E-state index contributed by atoms with van der Waals surface area (Å²) in [5, 5.41) is 14.7.